The summed E-state index contributed by atoms with van der Waals surface area (Å²) in [5.41, 5.74) is 2.03. The van der Waals surface area contributed by atoms with E-state index in [4.69, 9.17) is 14.6 Å². The lowest BCUT2D eigenvalue weighted by Crippen LogP contribution is -2.29. The number of hydrogen-bond donors (Lipinski definition) is 1. The van der Waals surface area contributed by atoms with Gasteiger partial charge in [0, 0.05) is 12.0 Å². The molecule has 0 saturated heterocycles. The molecule has 0 spiro atoms. The van der Waals surface area contributed by atoms with Crippen LogP contribution < -0.4 is 15.0 Å². The number of benzene rings is 2. The van der Waals surface area contributed by atoms with Crippen LogP contribution in [0.15, 0.2) is 81.2 Å². The van der Waals surface area contributed by atoms with Gasteiger partial charge in [0.05, 0.1) is 48.5 Å². The van der Waals surface area contributed by atoms with Crippen LogP contribution in [0, 0.1) is 5.82 Å². The Morgan fingerprint density at radius 1 is 1.15 bits per heavy atom. The standard InChI is InChI=1S/C28H23FN6O4S2/c1-38-22-6-3-5-18(25(22)39-2)21-13-20(23-7-4-12-40-23)33-35(21)24(36)15-41-28-31-26-19(27(37)32-28)14-30-34(26)17-10-8-16(29)9-11-17/h3-12,14,21H,13,15H2,1-2H3,(H,31,32,37). The average molecular weight is 591 g/mol. The van der Waals surface area contributed by atoms with Gasteiger partial charge in [0.2, 0.25) is 0 Å². The summed E-state index contributed by atoms with van der Waals surface area (Å²) in [7, 11) is 3.13. The average Bonchev–Trinajstić information content (AvgIpc) is 3.76. The third kappa shape index (κ3) is 5.09. The molecule has 0 fully saturated rings. The molecule has 1 N–H and O–H groups in total. The topological polar surface area (TPSA) is 115 Å². The van der Waals surface area contributed by atoms with E-state index in [-0.39, 0.29) is 28.0 Å². The second-order valence-corrected chi connectivity index (χ2v) is 10.9. The number of carbonyl (C=O) groups is 1. The molecule has 208 valence electrons. The third-order valence-corrected chi connectivity index (χ3v) is 8.36. The fourth-order valence-electron chi connectivity index (χ4n) is 4.68. The van der Waals surface area contributed by atoms with Crippen molar-refractivity contribution in [3.05, 3.63) is 92.8 Å². The molecule has 1 unspecified atom stereocenters. The van der Waals surface area contributed by atoms with Crippen LogP contribution in [0.25, 0.3) is 16.7 Å². The maximum atomic E-state index is 13.6. The summed E-state index contributed by atoms with van der Waals surface area (Å²) in [6, 6.07) is 14.8. The number of H-pyrrole nitrogens is 1. The van der Waals surface area contributed by atoms with Crippen molar-refractivity contribution >= 4 is 45.8 Å². The highest BCUT2D eigenvalue weighted by atomic mass is 32.2. The van der Waals surface area contributed by atoms with E-state index >= 15 is 0 Å². The number of fused-ring (bicyclic) bond motifs is 1. The minimum absolute atomic E-state index is 0.0386. The fraction of sp³-hybridized carbons (Fsp3) is 0.179. The molecule has 1 atom stereocenters. The second kappa shape index (κ2) is 11.2. The van der Waals surface area contributed by atoms with E-state index in [2.05, 4.69) is 15.1 Å². The summed E-state index contributed by atoms with van der Waals surface area (Å²) in [6.45, 7) is 0. The highest BCUT2D eigenvalue weighted by Crippen LogP contribution is 2.42. The monoisotopic (exact) mass is 590 g/mol. The molecule has 10 nitrogen and oxygen atoms in total. The van der Waals surface area contributed by atoms with Crippen molar-refractivity contribution < 1.29 is 18.7 Å². The largest absolute Gasteiger partial charge is 0.493 e. The smallest absolute Gasteiger partial charge is 0.262 e. The van der Waals surface area contributed by atoms with Crippen LogP contribution in [0.1, 0.15) is 22.9 Å². The van der Waals surface area contributed by atoms with Gasteiger partial charge in [-0.2, -0.15) is 10.2 Å². The number of hydrogen-bond acceptors (Lipinski definition) is 9. The fourth-order valence-corrected chi connectivity index (χ4v) is 6.11. The van der Waals surface area contributed by atoms with Crippen molar-refractivity contribution in [1.82, 2.24) is 24.8 Å². The first kappa shape index (κ1) is 26.7. The van der Waals surface area contributed by atoms with E-state index in [0.717, 1.165) is 27.9 Å². The van der Waals surface area contributed by atoms with Gasteiger partial charge in [0.1, 0.15) is 11.2 Å². The highest BCUT2D eigenvalue weighted by molar-refractivity contribution is 7.99. The molecule has 1 aliphatic heterocycles. The van der Waals surface area contributed by atoms with Crippen LogP contribution in [-0.4, -0.2) is 56.3 Å². The number of rotatable bonds is 8. The summed E-state index contributed by atoms with van der Waals surface area (Å²) in [5.74, 6) is 0.403. The van der Waals surface area contributed by atoms with Crippen molar-refractivity contribution in [2.45, 2.75) is 17.6 Å². The molecule has 1 amide bonds. The number of thioether (sulfide) groups is 1. The van der Waals surface area contributed by atoms with Gasteiger partial charge < -0.3 is 14.5 Å². The molecular formula is C28H23FN6O4S2. The lowest BCUT2D eigenvalue weighted by atomic mass is 9.99. The molecule has 0 radical (unpaired) electrons. The number of nitrogens with one attached hydrogen (secondary N) is 1. The van der Waals surface area contributed by atoms with E-state index < -0.39 is 11.6 Å². The van der Waals surface area contributed by atoms with E-state index in [0.29, 0.717) is 29.3 Å². The molecule has 2 aromatic carbocycles. The molecule has 41 heavy (non-hydrogen) atoms. The maximum absolute atomic E-state index is 13.6. The summed E-state index contributed by atoms with van der Waals surface area (Å²) in [4.78, 5) is 34.7. The molecule has 3 aromatic heterocycles. The van der Waals surface area contributed by atoms with Gasteiger partial charge in [0.15, 0.2) is 22.3 Å². The van der Waals surface area contributed by atoms with Crippen molar-refractivity contribution in [1.29, 1.82) is 0 Å². The molecule has 5 aromatic rings. The zero-order valence-corrected chi connectivity index (χ0v) is 23.5. The first-order valence-electron chi connectivity index (χ1n) is 12.5. The summed E-state index contributed by atoms with van der Waals surface area (Å²) in [6.07, 6.45) is 1.90. The Hall–Kier alpha value is -4.49. The molecule has 4 heterocycles. The Kier molecular flexibility index (Phi) is 7.28. The maximum Gasteiger partial charge on any atom is 0.262 e. The van der Waals surface area contributed by atoms with E-state index in [9.17, 15) is 14.0 Å². The third-order valence-electron chi connectivity index (χ3n) is 6.58. The predicted molar refractivity (Wildman–Crippen MR) is 155 cm³/mol. The van der Waals surface area contributed by atoms with Crippen molar-refractivity contribution in [3.63, 3.8) is 0 Å². The van der Waals surface area contributed by atoms with Gasteiger partial charge >= 0.3 is 0 Å². The quantitative estimate of drug-likeness (QED) is 0.204. The van der Waals surface area contributed by atoms with Gasteiger partial charge in [-0.1, -0.05) is 30.0 Å². The van der Waals surface area contributed by atoms with Crippen LogP contribution in [0.3, 0.4) is 0 Å². The minimum Gasteiger partial charge on any atom is -0.493 e. The SMILES string of the molecule is COc1cccc(C2CC(c3cccs3)=NN2C(=O)CSc2nc3c(cnn3-c3ccc(F)cc3)c(=O)[nH]2)c1OC. The van der Waals surface area contributed by atoms with Gasteiger partial charge in [-0.3, -0.25) is 9.59 Å². The first-order valence-corrected chi connectivity index (χ1v) is 14.3. The number of thiophene rings is 1. The number of halogens is 1. The minimum atomic E-state index is -0.417. The normalized spacial score (nSPS) is 14.9. The Labute approximate surface area is 241 Å². The lowest BCUT2D eigenvalue weighted by Gasteiger charge is -2.24. The number of para-hydroxylation sites is 1. The molecule has 13 heteroatoms. The molecule has 0 aliphatic carbocycles. The van der Waals surface area contributed by atoms with E-state index in [1.807, 2.05) is 29.6 Å². The Balaban J connectivity index is 1.29. The van der Waals surface area contributed by atoms with Crippen LogP contribution in [0.2, 0.25) is 0 Å². The van der Waals surface area contributed by atoms with Gasteiger partial charge in [-0.05, 0) is 41.8 Å². The number of ether oxygens (including phenoxy) is 2. The van der Waals surface area contributed by atoms with Crippen LogP contribution in [-0.2, 0) is 4.79 Å². The molecule has 1 aliphatic rings. The number of nitrogens with zero attached hydrogens (tertiary/aromatic N) is 5. The van der Waals surface area contributed by atoms with Gasteiger partial charge in [-0.15, -0.1) is 11.3 Å². The zero-order valence-electron chi connectivity index (χ0n) is 21.9. The molecule has 0 bridgehead atoms. The Morgan fingerprint density at radius 2 is 1.98 bits per heavy atom. The summed E-state index contributed by atoms with van der Waals surface area (Å²) < 4.78 is 26.0. The number of aromatic nitrogens is 4. The Morgan fingerprint density at radius 3 is 2.71 bits per heavy atom. The number of carbonyl (C=O) groups excluding carboxylic acids is 1. The Bertz CT molecular complexity index is 1820. The lowest BCUT2D eigenvalue weighted by molar-refractivity contribution is -0.130. The highest BCUT2D eigenvalue weighted by Gasteiger charge is 2.36. The number of methoxy groups -OCH3 is 2. The molecule has 6 rings (SSSR count). The van der Waals surface area contributed by atoms with Crippen LogP contribution in [0.4, 0.5) is 4.39 Å². The van der Waals surface area contributed by atoms with Crippen molar-refractivity contribution in [2.75, 3.05) is 20.0 Å². The zero-order chi connectivity index (χ0) is 28.5. The number of amides is 1. The first-order chi connectivity index (χ1) is 20.0. The van der Waals surface area contributed by atoms with E-state index in [1.165, 1.54) is 28.0 Å². The van der Waals surface area contributed by atoms with E-state index in [1.54, 1.807) is 43.8 Å². The second-order valence-electron chi connectivity index (χ2n) is 8.99. The van der Waals surface area contributed by atoms with Crippen molar-refractivity contribution in [3.8, 4) is 17.2 Å². The predicted octanol–water partition coefficient (Wildman–Crippen LogP) is 4.80. The number of hydrazone groups is 1. The number of aromatic amines is 1. The van der Waals surface area contributed by atoms with Gasteiger partial charge in [-0.25, -0.2) is 19.1 Å². The van der Waals surface area contributed by atoms with Crippen LogP contribution >= 0.6 is 23.1 Å². The molecule has 0 saturated carbocycles. The summed E-state index contributed by atoms with van der Waals surface area (Å²) in [5, 5.41) is 12.9. The van der Waals surface area contributed by atoms with Crippen molar-refractivity contribution in [2.24, 2.45) is 5.10 Å². The molecular weight excluding hydrogens is 567 g/mol. The van der Waals surface area contributed by atoms with Crippen LogP contribution in [0.5, 0.6) is 11.5 Å². The van der Waals surface area contributed by atoms with Gasteiger partial charge in [0.25, 0.3) is 11.5 Å². The summed E-state index contributed by atoms with van der Waals surface area (Å²) >= 11 is 2.64.